The maximum Gasteiger partial charge on any atom is 0.335 e. The molecule has 0 saturated heterocycles. The highest BCUT2D eigenvalue weighted by Crippen LogP contribution is 2.35. The molecule has 0 aliphatic carbocycles. The fourth-order valence-corrected chi connectivity index (χ4v) is 0.993. The van der Waals surface area contributed by atoms with E-state index in [2.05, 4.69) is 26.3 Å². The quantitative estimate of drug-likeness (QED) is 0.513. The van der Waals surface area contributed by atoms with E-state index in [-0.39, 0.29) is 5.04 Å². The predicted molar refractivity (Wildman–Crippen MR) is 51.0 cm³/mol. The third-order valence-corrected chi connectivity index (χ3v) is 6.44. The van der Waals surface area contributed by atoms with Crippen molar-refractivity contribution in [3.8, 4) is 0 Å². The van der Waals surface area contributed by atoms with Gasteiger partial charge < -0.3 is 10.3 Å². The van der Waals surface area contributed by atoms with Gasteiger partial charge in [0, 0.05) is 0 Å². The first-order chi connectivity index (χ1) is 5.17. The average Bonchev–Trinajstić information content (AvgIpc) is 1.81. The number of hydrogen-bond acceptors (Lipinski definition) is 2. The van der Waals surface area contributed by atoms with E-state index in [1.54, 1.807) is 0 Å². The van der Waals surface area contributed by atoms with Gasteiger partial charge in [-0.1, -0.05) is 20.8 Å². The van der Waals surface area contributed by atoms with Crippen LogP contribution in [0.25, 0.3) is 0 Å². The molecule has 0 unspecified atom stereocenters. The van der Waals surface area contributed by atoms with Gasteiger partial charge in [-0.05, 0) is 18.1 Å². The molecule has 0 bridgehead atoms. The number of hydrogen-bond donors (Lipinski definition) is 2. The number of primary amides is 1. The molecule has 0 aromatic rings. The molecule has 0 rings (SSSR count). The molecule has 0 aliphatic heterocycles. The van der Waals surface area contributed by atoms with Crippen LogP contribution in [0, 0.1) is 0 Å². The van der Waals surface area contributed by atoms with Gasteiger partial charge in [0.15, 0.2) is 0 Å². The van der Waals surface area contributed by atoms with Crippen molar-refractivity contribution < 1.29 is 9.32 Å². The van der Waals surface area contributed by atoms with Crippen LogP contribution in [0.4, 0.5) is 4.79 Å². The Morgan fingerprint density at radius 3 is 2.08 bits per heavy atom. The van der Waals surface area contributed by atoms with Crippen molar-refractivity contribution in [2.75, 3.05) is 0 Å². The second-order valence-corrected chi connectivity index (χ2v) is 9.05. The Kier molecular flexibility index (Phi) is 3.29. The second-order valence-electron chi connectivity index (χ2n) is 4.33. The Balaban J connectivity index is 4.14. The van der Waals surface area contributed by atoms with Crippen LogP contribution in [0.3, 0.4) is 0 Å². The van der Waals surface area contributed by atoms with Crippen LogP contribution in [-0.2, 0) is 4.53 Å². The maximum atomic E-state index is 10.4. The topological polar surface area (TPSA) is 64.3 Å². The second kappa shape index (κ2) is 3.45. The van der Waals surface area contributed by atoms with Crippen LogP contribution in [0.2, 0.25) is 18.1 Å². The number of nitrogens with one attached hydrogen (secondary N) is 1. The smallest absolute Gasteiger partial charge is 0.335 e. The number of rotatable bonds is 2. The fourth-order valence-electron chi connectivity index (χ4n) is 0.331. The zero-order chi connectivity index (χ0) is 9.99. The van der Waals surface area contributed by atoms with Gasteiger partial charge in [-0.3, -0.25) is 0 Å². The SMILES string of the molecule is CC(C)(C)[Si](C)(C)ONC(N)=O. The lowest BCUT2D eigenvalue weighted by atomic mass is 10.2. The summed E-state index contributed by atoms with van der Waals surface area (Å²) in [5.41, 5.74) is 7.08. The number of nitrogens with two attached hydrogens (primary N) is 1. The van der Waals surface area contributed by atoms with Gasteiger partial charge in [0.05, 0.1) is 0 Å². The van der Waals surface area contributed by atoms with E-state index in [9.17, 15) is 4.79 Å². The average molecular weight is 190 g/mol. The Morgan fingerprint density at radius 1 is 1.42 bits per heavy atom. The third-order valence-electron chi connectivity index (χ3n) is 2.21. The minimum atomic E-state index is -1.88. The van der Waals surface area contributed by atoms with Crippen LogP contribution in [0.1, 0.15) is 20.8 Å². The highest BCUT2D eigenvalue weighted by atomic mass is 28.4. The summed E-state index contributed by atoms with van der Waals surface area (Å²) in [4.78, 5) is 10.4. The van der Waals surface area contributed by atoms with Gasteiger partial charge in [-0.15, -0.1) is 0 Å². The summed E-state index contributed by atoms with van der Waals surface area (Å²) < 4.78 is 5.27. The van der Waals surface area contributed by atoms with Crippen LogP contribution in [0.15, 0.2) is 0 Å². The predicted octanol–water partition coefficient (Wildman–Crippen LogP) is 1.59. The number of hydroxylamine groups is 1. The van der Waals surface area contributed by atoms with Crippen LogP contribution >= 0.6 is 0 Å². The monoisotopic (exact) mass is 190 g/mol. The zero-order valence-corrected chi connectivity index (χ0v) is 9.39. The zero-order valence-electron chi connectivity index (χ0n) is 8.39. The lowest BCUT2D eigenvalue weighted by molar-refractivity contribution is 0.173. The molecule has 0 aromatic carbocycles. The first-order valence-electron chi connectivity index (χ1n) is 3.90. The number of amides is 2. The lowest BCUT2D eigenvalue weighted by Gasteiger charge is -2.34. The van der Waals surface area contributed by atoms with Crippen molar-refractivity contribution in [1.29, 1.82) is 0 Å². The molecule has 0 aromatic heterocycles. The molecule has 2 amide bonds. The largest absolute Gasteiger partial charge is 0.350 e. The van der Waals surface area contributed by atoms with Crippen molar-refractivity contribution in [3.05, 3.63) is 0 Å². The van der Waals surface area contributed by atoms with Crippen molar-refractivity contribution in [3.63, 3.8) is 0 Å². The molecule has 12 heavy (non-hydrogen) atoms. The highest BCUT2D eigenvalue weighted by molar-refractivity contribution is 6.74. The lowest BCUT2D eigenvalue weighted by Crippen LogP contribution is -2.47. The Morgan fingerprint density at radius 2 is 1.83 bits per heavy atom. The number of carbonyl (C=O) groups excluding carboxylic acids is 1. The van der Waals surface area contributed by atoms with Gasteiger partial charge in [-0.25, -0.2) is 10.3 Å². The molecule has 0 saturated carbocycles. The van der Waals surface area contributed by atoms with E-state index in [0.29, 0.717) is 0 Å². The fraction of sp³-hybridized carbons (Fsp3) is 0.857. The van der Waals surface area contributed by atoms with Crippen molar-refractivity contribution in [2.45, 2.75) is 38.9 Å². The molecular formula is C7H18N2O2Si. The van der Waals surface area contributed by atoms with Crippen molar-refractivity contribution in [1.82, 2.24) is 5.48 Å². The van der Waals surface area contributed by atoms with E-state index < -0.39 is 14.3 Å². The molecule has 4 nitrogen and oxygen atoms in total. The molecule has 0 heterocycles. The Labute approximate surface area is 74.6 Å². The van der Waals surface area contributed by atoms with Crippen molar-refractivity contribution >= 4 is 14.3 Å². The van der Waals surface area contributed by atoms with Gasteiger partial charge in [0.1, 0.15) is 0 Å². The highest BCUT2D eigenvalue weighted by Gasteiger charge is 2.38. The maximum absolute atomic E-state index is 10.4. The van der Waals surface area contributed by atoms with E-state index in [1.165, 1.54) is 0 Å². The summed E-state index contributed by atoms with van der Waals surface area (Å²) in [5, 5.41) is 0.0788. The van der Waals surface area contributed by atoms with E-state index in [0.717, 1.165) is 0 Å². The molecule has 0 spiro atoms. The first-order valence-corrected chi connectivity index (χ1v) is 6.81. The van der Waals surface area contributed by atoms with Crippen LogP contribution in [-0.4, -0.2) is 14.3 Å². The minimum Gasteiger partial charge on any atom is -0.350 e. The normalized spacial score (nSPS) is 12.8. The summed E-state index contributed by atoms with van der Waals surface area (Å²) in [5.74, 6) is 0. The summed E-state index contributed by atoms with van der Waals surface area (Å²) in [6.07, 6.45) is 0. The summed E-state index contributed by atoms with van der Waals surface area (Å²) in [6, 6.07) is -0.639. The van der Waals surface area contributed by atoms with E-state index in [4.69, 9.17) is 10.3 Å². The summed E-state index contributed by atoms with van der Waals surface area (Å²) in [6.45, 7) is 10.3. The summed E-state index contributed by atoms with van der Waals surface area (Å²) in [7, 11) is -1.88. The van der Waals surface area contributed by atoms with Gasteiger partial charge in [0.2, 0.25) is 8.32 Å². The molecular weight excluding hydrogens is 172 g/mol. The van der Waals surface area contributed by atoms with E-state index in [1.807, 2.05) is 13.1 Å². The minimum absolute atomic E-state index is 0.0788. The number of urea groups is 1. The van der Waals surface area contributed by atoms with Gasteiger partial charge >= 0.3 is 6.03 Å². The molecule has 0 fully saturated rings. The molecule has 0 radical (unpaired) electrons. The molecule has 0 aliphatic rings. The van der Waals surface area contributed by atoms with Crippen LogP contribution < -0.4 is 11.2 Å². The van der Waals surface area contributed by atoms with Gasteiger partial charge in [0.25, 0.3) is 0 Å². The molecule has 3 N–H and O–H groups in total. The molecule has 0 atom stereocenters. The Bertz CT molecular complexity index is 175. The third kappa shape index (κ3) is 3.23. The standard InChI is InChI=1S/C7H18N2O2Si/c1-7(2,3)12(4,5)11-9-6(8)10/h1-5H3,(H3,8,9,10). The first kappa shape index (κ1) is 11.4. The Hall–Kier alpha value is -0.553. The molecule has 5 heteroatoms. The van der Waals surface area contributed by atoms with Crippen molar-refractivity contribution in [2.24, 2.45) is 5.73 Å². The number of carbonyl (C=O) groups is 1. The van der Waals surface area contributed by atoms with Crippen LogP contribution in [0.5, 0.6) is 0 Å². The van der Waals surface area contributed by atoms with E-state index >= 15 is 0 Å². The molecule has 72 valence electrons. The summed E-state index contributed by atoms with van der Waals surface area (Å²) >= 11 is 0. The van der Waals surface area contributed by atoms with Gasteiger partial charge in [-0.2, -0.15) is 0 Å².